The summed E-state index contributed by atoms with van der Waals surface area (Å²) in [5.41, 5.74) is 0.759. The molecule has 0 fully saturated rings. The van der Waals surface area contributed by atoms with E-state index < -0.39 is 0 Å². The van der Waals surface area contributed by atoms with Gasteiger partial charge in [0.15, 0.2) is 0 Å². The second-order valence-electron chi connectivity index (χ2n) is 3.13. The molecule has 14 heavy (non-hydrogen) atoms. The number of hydrogen-bond donors (Lipinski definition) is 1. The fourth-order valence-corrected chi connectivity index (χ4v) is 1.41. The SMILES string of the molecule is COC[C@@H](C)Nc1ccc(Br)c(F)c1. The average Bonchev–Trinajstić information content (AvgIpc) is 2.12. The van der Waals surface area contributed by atoms with Crippen LogP contribution in [0.3, 0.4) is 0 Å². The number of nitrogens with one attached hydrogen (secondary N) is 1. The fourth-order valence-electron chi connectivity index (χ4n) is 1.16. The van der Waals surface area contributed by atoms with Gasteiger partial charge in [0.05, 0.1) is 11.1 Å². The molecular weight excluding hydrogens is 249 g/mol. The van der Waals surface area contributed by atoms with E-state index in [0.717, 1.165) is 5.69 Å². The van der Waals surface area contributed by atoms with Crippen LogP contribution in [-0.2, 0) is 4.74 Å². The highest BCUT2D eigenvalue weighted by atomic mass is 79.9. The first-order valence-corrected chi connectivity index (χ1v) is 5.13. The number of anilines is 1. The zero-order chi connectivity index (χ0) is 10.6. The van der Waals surface area contributed by atoms with E-state index in [0.29, 0.717) is 11.1 Å². The van der Waals surface area contributed by atoms with Crippen LogP contribution in [0.2, 0.25) is 0 Å². The van der Waals surface area contributed by atoms with Crippen molar-refractivity contribution < 1.29 is 9.13 Å². The molecule has 1 aromatic rings. The minimum absolute atomic E-state index is 0.167. The van der Waals surface area contributed by atoms with Gasteiger partial charge in [-0.05, 0) is 41.1 Å². The number of rotatable bonds is 4. The van der Waals surface area contributed by atoms with Gasteiger partial charge in [-0.25, -0.2) is 4.39 Å². The van der Waals surface area contributed by atoms with E-state index in [2.05, 4.69) is 21.2 Å². The van der Waals surface area contributed by atoms with Gasteiger partial charge in [-0.15, -0.1) is 0 Å². The van der Waals surface area contributed by atoms with Crippen molar-refractivity contribution in [2.24, 2.45) is 0 Å². The van der Waals surface area contributed by atoms with Gasteiger partial charge in [0, 0.05) is 18.8 Å². The third-order valence-electron chi connectivity index (χ3n) is 1.75. The Hall–Kier alpha value is -0.610. The van der Waals surface area contributed by atoms with Gasteiger partial charge in [0.25, 0.3) is 0 Å². The maximum absolute atomic E-state index is 13.1. The summed E-state index contributed by atoms with van der Waals surface area (Å²) in [5, 5.41) is 3.12. The summed E-state index contributed by atoms with van der Waals surface area (Å²) < 4.78 is 18.5. The van der Waals surface area contributed by atoms with Crippen molar-refractivity contribution in [2.45, 2.75) is 13.0 Å². The van der Waals surface area contributed by atoms with Crippen LogP contribution in [0.25, 0.3) is 0 Å². The van der Waals surface area contributed by atoms with Crippen molar-refractivity contribution >= 4 is 21.6 Å². The van der Waals surface area contributed by atoms with Crippen molar-refractivity contribution in [3.05, 3.63) is 28.5 Å². The third kappa shape index (κ3) is 3.27. The predicted molar refractivity (Wildman–Crippen MR) is 59.1 cm³/mol. The molecule has 2 nitrogen and oxygen atoms in total. The Bertz CT molecular complexity index is 306. The summed E-state index contributed by atoms with van der Waals surface area (Å²) in [4.78, 5) is 0. The van der Waals surface area contributed by atoms with Gasteiger partial charge < -0.3 is 10.1 Å². The molecule has 1 rings (SSSR count). The minimum atomic E-state index is -0.264. The highest BCUT2D eigenvalue weighted by molar-refractivity contribution is 9.10. The third-order valence-corrected chi connectivity index (χ3v) is 2.39. The molecule has 1 N–H and O–H groups in total. The van der Waals surface area contributed by atoms with Crippen LogP contribution in [-0.4, -0.2) is 19.8 Å². The summed E-state index contributed by atoms with van der Waals surface area (Å²) in [7, 11) is 1.64. The molecule has 0 saturated heterocycles. The van der Waals surface area contributed by atoms with E-state index in [1.165, 1.54) is 6.07 Å². The molecule has 0 saturated carbocycles. The van der Waals surface area contributed by atoms with Gasteiger partial charge in [-0.2, -0.15) is 0 Å². The van der Waals surface area contributed by atoms with E-state index in [1.807, 2.05) is 13.0 Å². The van der Waals surface area contributed by atoms with Crippen LogP contribution in [0, 0.1) is 5.82 Å². The first-order chi connectivity index (χ1) is 6.63. The van der Waals surface area contributed by atoms with Crippen molar-refractivity contribution in [2.75, 3.05) is 19.0 Å². The normalized spacial score (nSPS) is 12.6. The van der Waals surface area contributed by atoms with Gasteiger partial charge in [0.1, 0.15) is 5.82 Å². The average molecular weight is 262 g/mol. The molecule has 0 heterocycles. The number of methoxy groups -OCH3 is 1. The zero-order valence-electron chi connectivity index (χ0n) is 8.18. The molecule has 0 radical (unpaired) electrons. The molecule has 0 bridgehead atoms. The molecule has 78 valence electrons. The minimum Gasteiger partial charge on any atom is -0.383 e. The monoisotopic (exact) mass is 261 g/mol. The Morgan fingerprint density at radius 2 is 2.29 bits per heavy atom. The molecule has 0 aliphatic carbocycles. The molecule has 1 atom stereocenters. The zero-order valence-corrected chi connectivity index (χ0v) is 9.77. The maximum Gasteiger partial charge on any atom is 0.139 e. The summed E-state index contributed by atoms with van der Waals surface area (Å²) in [6.45, 7) is 2.57. The number of halogens is 2. The second kappa shape index (κ2) is 5.32. The molecule has 0 unspecified atom stereocenters. The lowest BCUT2D eigenvalue weighted by Gasteiger charge is -2.14. The summed E-state index contributed by atoms with van der Waals surface area (Å²) in [6, 6.07) is 5.12. The predicted octanol–water partition coefficient (Wildman–Crippen LogP) is 3.04. The summed E-state index contributed by atoms with van der Waals surface area (Å²) in [6.07, 6.45) is 0. The molecule has 4 heteroatoms. The van der Waals surface area contributed by atoms with E-state index in [4.69, 9.17) is 4.74 Å². The molecule has 0 spiro atoms. The quantitative estimate of drug-likeness (QED) is 0.900. The van der Waals surface area contributed by atoms with Gasteiger partial charge in [-0.3, -0.25) is 0 Å². The molecule has 0 aliphatic heterocycles. The Balaban J connectivity index is 2.63. The maximum atomic E-state index is 13.1. The van der Waals surface area contributed by atoms with Gasteiger partial charge >= 0.3 is 0 Å². The first kappa shape index (κ1) is 11.5. The molecule has 0 aliphatic rings. The topological polar surface area (TPSA) is 21.3 Å². The van der Waals surface area contributed by atoms with Crippen LogP contribution in [0.15, 0.2) is 22.7 Å². The lowest BCUT2D eigenvalue weighted by molar-refractivity contribution is 0.190. The second-order valence-corrected chi connectivity index (χ2v) is 3.98. The van der Waals surface area contributed by atoms with Crippen molar-refractivity contribution in [1.29, 1.82) is 0 Å². The molecule has 0 amide bonds. The van der Waals surface area contributed by atoms with E-state index in [9.17, 15) is 4.39 Å². The fraction of sp³-hybridized carbons (Fsp3) is 0.400. The van der Waals surface area contributed by atoms with E-state index >= 15 is 0 Å². The lowest BCUT2D eigenvalue weighted by atomic mass is 10.2. The molecule has 1 aromatic carbocycles. The van der Waals surface area contributed by atoms with Crippen LogP contribution in [0.4, 0.5) is 10.1 Å². The number of ether oxygens (including phenoxy) is 1. The van der Waals surface area contributed by atoms with Crippen molar-refractivity contribution in [1.82, 2.24) is 0 Å². The van der Waals surface area contributed by atoms with E-state index in [1.54, 1.807) is 13.2 Å². The van der Waals surface area contributed by atoms with Gasteiger partial charge in [0.2, 0.25) is 0 Å². The Morgan fingerprint density at radius 3 is 2.86 bits per heavy atom. The Morgan fingerprint density at radius 1 is 1.57 bits per heavy atom. The smallest absolute Gasteiger partial charge is 0.139 e. The number of hydrogen-bond acceptors (Lipinski definition) is 2. The lowest BCUT2D eigenvalue weighted by Crippen LogP contribution is -2.20. The largest absolute Gasteiger partial charge is 0.383 e. The summed E-state index contributed by atoms with van der Waals surface area (Å²) in [5.74, 6) is -0.264. The van der Waals surface area contributed by atoms with Gasteiger partial charge in [-0.1, -0.05) is 0 Å². The molecule has 0 aromatic heterocycles. The summed E-state index contributed by atoms with van der Waals surface area (Å²) >= 11 is 3.10. The van der Waals surface area contributed by atoms with E-state index in [-0.39, 0.29) is 11.9 Å². The van der Waals surface area contributed by atoms with Crippen molar-refractivity contribution in [3.63, 3.8) is 0 Å². The highest BCUT2D eigenvalue weighted by Crippen LogP contribution is 2.19. The molecular formula is C10H13BrFNO. The first-order valence-electron chi connectivity index (χ1n) is 4.34. The van der Waals surface area contributed by atoms with Crippen LogP contribution in [0.5, 0.6) is 0 Å². The Labute approximate surface area is 91.6 Å². The van der Waals surface area contributed by atoms with Crippen LogP contribution in [0.1, 0.15) is 6.92 Å². The number of benzene rings is 1. The van der Waals surface area contributed by atoms with Crippen molar-refractivity contribution in [3.8, 4) is 0 Å². The Kier molecular flexibility index (Phi) is 4.35. The standard InChI is InChI=1S/C10H13BrFNO/c1-7(6-14-2)13-8-3-4-9(11)10(12)5-8/h3-5,7,13H,6H2,1-2H3/t7-/m1/s1. The van der Waals surface area contributed by atoms with Crippen LogP contribution >= 0.6 is 15.9 Å². The highest BCUT2D eigenvalue weighted by Gasteiger charge is 2.03. The van der Waals surface area contributed by atoms with Crippen LogP contribution < -0.4 is 5.32 Å².